The Hall–Kier alpha value is -1.56. The van der Waals surface area contributed by atoms with Crippen LogP contribution in [0.3, 0.4) is 0 Å². The Kier molecular flexibility index (Phi) is 6.22. The van der Waals surface area contributed by atoms with Crippen molar-refractivity contribution in [1.82, 2.24) is 0 Å². The summed E-state index contributed by atoms with van der Waals surface area (Å²) in [6.45, 7) is 2.14. The van der Waals surface area contributed by atoms with E-state index in [-0.39, 0.29) is 5.97 Å². The smallest absolute Gasteiger partial charge is 0.341 e. The fraction of sp³-hybridized carbons (Fsp3) is 0.368. The number of nitrogens with zero attached hydrogens (tertiary/aromatic N) is 1. The van der Waals surface area contributed by atoms with Crippen LogP contribution in [0, 0.1) is 0 Å². The van der Waals surface area contributed by atoms with Gasteiger partial charge >= 0.3 is 5.97 Å². The molecule has 0 amide bonds. The van der Waals surface area contributed by atoms with Crippen molar-refractivity contribution in [2.75, 3.05) is 13.7 Å². The normalized spacial score (nSPS) is 13.7. The molecule has 0 aliphatic heterocycles. The maximum atomic E-state index is 12.5. The lowest BCUT2D eigenvalue weighted by Gasteiger charge is -2.11. The fourth-order valence-electron chi connectivity index (χ4n) is 3.08. The van der Waals surface area contributed by atoms with E-state index in [0.29, 0.717) is 38.5 Å². The lowest BCUT2D eigenvalue weighted by Crippen LogP contribution is -2.09. The van der Waals surface area contributed by atoms with Crippen molar-refractivity contribution >= 4 is 51.7 Å². The molecular formula is C19H19Cl2NO3S. The van der Waals surface area contributed by atoms with Crippen molar-refractivity contribution in [3.63, 3.8) is 0 Å². The van der Waals surface area contributed by atoms with Crippen LogP contribution in [0.2, 0.25) is 10.0 Å². The molecule has 4 nitrogen and oxygen atoms in total. The molecule has 26 heavy (non-hydrogen) atoms. The van der Waals surface area contributed by atoms with Crippen molar-refractivity contribution in [1.29, 1.82) is 0 Å². The van der Waals surface area contributed by atoms with Gasteiger partial charge in [0.2, 0.25) is 0 Å². The first-order chi connectivity index (χ1) is 12.5. The molecule has 0 N–H and O–H groups in total. The summed E-state index contributed by atoms with van der Waals surface area (Å²) in [4.78, 5) is 18.3. The van der Waals surface area contributed by atoms with E-state index in [9.17, 15) is 4.79 Å². The average molecular weight is 412 g/mol. The van der Waals surface area contributed by atoms with E-state index in [1.165, 1.54) is 4.88 Å². The molecule has 7 heteroatoms. The SMILES string of the molecule is CCOC(=O)c1c(/N=C/c2cc(Cl)cc(Cl)c2OC)sc2c1CCCC2. The van der Waals surface area contributed by atoms with Crippen molar-refractivity contribution in [2.24, 2.45) is 4.99 Å². The van der Waals surface area contributed by atoms with Crippen LogP contribution in [0.1, 0.15) is 46.1 Å². The third kappa shape index (κ3) is 3.90. The topological polar surface area (TPSA) is 47.9 Å². The van der Waals surface area contributed by atoms with Gasteiger partial charge in [0.15, 0.2) is 0 Å². The van der Waals surface area contributed by atoms with E-state index < -0.39 is 0 Å². The molecule has 138 valence electrons. The summed E-state index contributed by atoms with van der Waals surface area (Å²) in [6.07, 6.45) is 5.72. The predicted octanol–water partition coefficient (Wildman–Crippen LogP) is 5.87. The molecular weight excluding hydrogens is 393 g/mol. The molecule has 1 aromatic heterocycles. The number of esters is 1. The maximum absolute atomic E-state index is 12.5. The summed E-state index contributed by atoms with van der Waals surface area (Å²) in [5.41, 5.74) is 2.34. The van der Waals surface area contributed by atoms with Gasteiger partial charge in [0.1, 0.15) is 10.8 Å². The second-order valence-corrected chi connectivity index (χ2v) is 7.81. The van der Waals surface area contributed by atoms with Crippen molar-refractivity contribution in [2.45, 2.75) is 32.6 Å². The number of hydrogen-bond acceptors (Lipinski definition) is 5. The zero-order chi connectivity index (χ0) is 18.7. The third-order valence-electron chi connectivity index (χ3n) is 4.19. The molecule has 1 aromatic carbocycles. The van der Waals surface area contributed by atoms with E-state index in [1.807, 2.05) is 0 Å². The van der Waals surface area contributed by atoms with E-state index >= 15 is 0 Å². The van der Waals surface area contributed by atoms with Gasteiger partial charge in [-0.2, -0.15) is 0 Å². The number of carbonyl (C=O) groups excluding carboxylic acids is 1. The molecule has 0 bridgehead atoms. The Morgan fingerprint density at radius 2 is 2.08 bits per heavy atom. The second-order valence-electron chi connectivity index (χ2n) is 5.88. The summed E-state index contributed by atoms with van der Waals surface area (Å²) in [5, 5.41) is 1.57. The minimum Gasteiger partial charge on any atom is -0.495 e. The van der Waals surface area contributed by atoms with E-state index in [0.717, 1.165) is 31.2 Å². The molecule has 0 unspecified atom stereocenters. The molecule has 1 heterocycles. The van der Waals surface area contributed by atoms with Crippen LogP contribution in [0.25, 0.3) is 0 Å². The Labute approximate surface area is 166 Å². The van der Waals surface area contributed by atoms with Gasteiger partial charge in [-0.1, -0.05) is 23.2 Å². The highest BCUT2D eigenvalue weighted by molar-refractivity contribution is 7.16. The van der Waals surface area contributed by atoms with Gasteiger partial charge in [-0.25, -0.2) is 9.79 Å². The number of fused-ring (bicyclic) bond motifs is 1. The molecule has 0 atom stereocenters. The van der Waals surface area contributed by atoms with Gasteiger partial charge in [0.25, 0.3) is 0 Å². The number of methoxy groups -OCH3 is 1. The average Bonchev–Trinajstić information content (AvgIpc) is 2.98. The minimum atomic E-state index is -0.310. The highest BCUT2D eigenvalue weighted by Gasteiger charge is 2.26. The van der Waals surface area contributed by atoms with Gasteiger partial charge < -0.3 is 9.47 Å². The fourth-order valence-corrected chi connectivity index (χ4v) is 4.88. The number of carbonyl (C=O) groups is 1. The first-order valence-corrected chi connectivity index (χ1v) is 10.0. The molecule has 0 saturated carbocycles. The van der Waals surface area contributed by atoms with Gasteiger partial charge in [-0.3, -0.25) is 0 Å². The lowest BCUT2D eigenvalue weighted by molar-refractivity contribution is 0.0526. The molecule has 1 aliphatic rings. The van der Waals surface area contributed by atoms with E-state index in [2.05, 4.69) is 4.99 Å². The maximum Gasteiger partial charge on any atom is 0.341 e. The molecule has 1 aliphatic carbocycles. The summed E-state index contributed by atoms with van der Waals surface area (Å²) < 4.78 is 10.6. The predicted molar refractivity (Wildman–Crippen MR) is 107 cm³/mol. The largest absolute Gasteiger partial charge is 0.495 e. The summed E-state index contributed by atoms with van der Waals surface area (Å²) in [5.74, 6) is 0.189. The van der Waals surface area contributed by atoms with Gasteiger partial charge in [-0.05, 0) is 50.3 Å². The first kappa shape index (κ1) is 19.2. The van der Waals surface area contributed by atoms with Crippen LogP contribution < -0.4 is 4.74 Å². The lowest BCUT2D eigenvalue weighted by atomic mass is 9.95. The van der Waals surface area contributed by atoms with Gasteiger partial charge in [-0.15, -0.1) is 11.3 Å². The van der Waals surface area contributed by atoms with E-state index in [4.69, 9.17) is 32.7 Å². The molecule has 0 saturated heterocycles. The standard InChI is InChI=1S/C19H19Cl2NO3S/c1-3-25-19(23)16-13-6-4-5-7-15(13)26-18(16)22-10-11-8-12(20)9-14(21)17(11)24-2/h8-10H,3-7H2,1-2H3/b22-10+. The second kappa shape index (κ2) is 8.42. The monoisotopic (exact) mass is 411 g/mol. The number of benzene rings is 1. The van der Waals surface area contributed by atoms with Crippen LogP contribution in [-0.4, -0.2) is 25.9 Å². The highest BCUT2D eigenvalue weighted by Crippen LogP contribution is 2.40. The first-order valence-electron chi connectivity index (χ1n) is 8.43. The highest BCUT2D eigenvalue weighted by atomic mass is 35.5. The summed E-state index contributed by atoms with van der Waals surface area (Å²) in [6, 6.07) is 3.35. The molecule has 0 radical (unpaired) electrons. The van der Waals surface area contributed by atoms with Gasteiger partial charge in [0, 0.05) is 21.7 Å². The Morgan fingerprint density at radius 3 is 2.81 bits per heavy atom. The zero-order valence-corrected chi connectivity index (χ0v) is 16.9. The zero-order valence-electron chi connectivity index (χ0n) is 14.6. The van der Waals surface area contributed by atoms with Crippen LogP contribution in [0.4, 0.5) is 5.00 Å². The summed E-state index contributed by atoms with van der Waals surface area (Å²) >= 11 is 13.8. The quantitative estimate of drug-likeness (QED) is 0.456. The van der Waals surface area contributed by atoms with E-state index in [1.54, 1.807) is 43.7 Å². The number of rotatable bonds is 5. The minimum absolute atomic E-state index is 0.310. The van der Waals surface area contributed by atoms with Crippen LogP contribution in [0.15, 0.2) is 17.1 Å². The number of halogens is 2. The summed E-state index contributed by atoms with van der Waals surface area (Å²) in [7, 11) is 1.54. The van der Waals surface area contributed by atoms with Gasteiger partial charge in [0.05, 0.1) is 24.3 Å². The van der Waals surface area contributed by atoms with Crippen molar-refractivity contribution < 1.29 is 14.3 Å². The van der Waals surface area contributed by atoms with Crippen molar-refractivity contribution in [3.8, 4) is 5.75 Å². The number of ether oxygens (including phenoxy) is 2. The Morgan fingerprint density at radius 1 is 1.31 bits per heavy atom. The molecule has 0 spiro atoms. The Balaban J connectivity index is 2.04. The Bertz CT molecular complexity index is 861. The number of aliphatic imine (C=N–C) groups is 1. The number of aryl methyl sites for hydroxylation is 1. The van der Waals surface area contributed by atoms with Crippen LogP contribution in [-0.2, 0) is 17.6 Å². The van der Waals surface area contributed by atoms with Crippen molar-refractivity contribution in [3.05, 3.63) is 43.7 Å². The van der Waals surface area contributed by atoms with Crippen LogP contribution in [0.5, 0.6) is 5.75 Å². The third-order valence-corrected chi connectivity index (χ3v) is 5.89. The number of hydrogen-bond donors (Lipinski definition) is 0. The van der Waals surface area contributed by atoms with Crippen LogP contribution >= 0.6 is 34.5 Å². The molecule has 0 fully saturated rings. The molecule has 3 rings (SSSR count). The molecule has 2 aromatic rings. The number of thiophene rings is 1.